The highest BCUT2D eigenvalue weighted by Crippen LogP contribution is 2.35. The summed E-state index contributed by atoms with van der Waals surface area (Å²) >= 11 is 5.61. The predicted octanol–water partition coefficient (Wildman–Crippen LogP) is 6.04. The van der Waals surface area contributed by atoms with E-state index in [4.69, 9.17) is 9.47 Å². The fourth-order valence-electron chi connectivity index (χ4n) is 3.46. The third kappa shape index (κ3) is 5.61. The van der Waals surface area contributed by atoms with Crippen LogP contribution in [0.15, 0.2) is 70.8 Å². The number of imide groups is 1. The van der Waals surface area contributed by atoms with Gasteiger partial charge in [-0.3, -0.25) is 9.69 Å². The number of nitrogens with zero attached hydrogens (tertiary/aromatic N) is 1. The minimum atomic E-state index is -0.437. The second-order valence-electron chi connectivity index (χ2n) is 7.81. The summed E-state index contributed by atoms with van der Waals surface area (Å²) in [7, 11) is 1.57. The van der Waals surface area contributed by atoms with Crippen molar-refractivity contribution in [3.8, 4) is 11.5 Å². The molecule has 0 spiro atoms. The van der Waals surface area contributed by atoms with Gasteiger partial charge in [-0.15, -0.1) is 0 Å². The number of ether oxygens (including phenoxy) is 2. The minimum absolute atomic E-state index is 0.214. The van der Waals surface area contributed by atoms with Gasteiger partial charge in [0.15, 0.2) is 11.5 Å². The smallest absolute Gasteiger partial charge is 0.329 e. The van der Waals surface area contributed by atoms with Crippen molar-refractivity contribution in [1.29, 1.82) is 0 Å². The summed E-state index contributed by atoms with van der Waals surface area (Å²) in [5.41, 5.74) is 3.98. The summed E-state index contributed by atoms with van der Waals surface area (Å²) < 4.78 is 13.4. The Morgan fingerprint density at radius 3 is 2.38 bits per heavy atom. The van der Waals surface area contributed by atoms with Gasteiger partial charge in [-0.05, 0) is 76.5 Å². The number of methoxy groups -OCH3 is 1. The van der Waals surface area contributed by atoms with Crippen molar-refractivity contribution in [3.05, 3.63) is 96.7 Å². The van der Waals surface area contributed by atoms with Gasteiger partial charge in [-0.25, -0.2) is 4.79 Å². The molecule has 0 aromatic heterocycles. The quantitative estimate of drug-likeness (QED) is 0.196. The number of amides is 3. The Hall–Kier alpha value is -2.85. The number of hydrogen-bond donors (Lipinski definition) is 1. The molecular formula is C26H22BrIN2O4. The molecule has 0 unspecified atom stereocenters. The fourth-order valence-corrected chi connectivity index (χ4v) is 4.50. The lowest BCUT2D eigenvalue weighted by Crippen LogP contribution is -2.30. The van der Waals surface area contributed by atoms with Crippen molar-refractivity contribution >= 4 is 56.5 Å². The van der Waals surface area contributed by atoms with Crippen LogP contribution in [-0.2, 0) is 17.9 Å². The highest BCUT2D eigenvalue weighted by atomic mass is 127. The second kappa shape index (κ2) is 10.6. The maximum Gasteiger partial charge on any atom is 0.329 e. The van der Waals surface area contributed by atoms with Gasteiger partial charge in [-0.1, -0.05) is 57.9 Å². The molecule has 1 fully saturated rings. The third-order valence-corrected chi connectivity index (χ3v) is 6.61. The first-order chi connectivity index (χ1) is 16.3. The molecule has 3 aromatic rings. The average molecular weight is 633 g/mol. The first kappa shape index (κ1) is 24.3. The molecular weight excluding hydrogens is 611 g/mol. The van der Waals surface area contributed by atoms with Crippen LogP contribution in [-0.4, -0.2) is 23.9 Å². The van der Waals surface area contributed by atoms with Gasteiger partial charge in [-0.2, -0.15) is 0 Å². The molecule has 0 bridgehead atoms. The fraction of sp³-hybridized carbons (Fsp3) is 0.154. The lowest BCUT2D eigenvalue weighted by Gasteiger charge is -2.14. The zero-order valence-corrected chi connectivity index (χ0v) is 22.3. The number of benzene rings is 3. The Morgan fingerprint density at radius 2 is 1.71 bits per heavy atom. The molecule has 1 aliphatic rings. The van der Waals surface area contributed by atoms with Crippen LogP contribution in [0.3, 0.4) is 0 Å². The van der Waals surface area contributed by atoms with Crippen LogP contribution in [0.1, 0.15) is 22.3 Å². The number of halogens is 2. The molecule has 3 amide bonds. The van der Waals surface area contributed by atoms with E-state index in [1.54, 1.807) is 19.3 Å². The van der Waals surface area contributed by atoms with E-state index in [0.717, 1.165) is 30.3 Å². The Bertz CT molecular complexity index is 1260. The highest BCUT2D eigenvalue weighted by Gasteiger charge is 2.33. The van der Waals surface area contributed by atoms with Gasteiger partial charge in [0, 0.05) is 4.47 Å². The molecule has 174 valence electrons. The van der Waals surface area contributed by atoms with E-state index in [1.165, 1.54) is 4.90 Å². The lowest BCUT2D eigenvalue weighted by molar-refractivity contribution is -0.123. The molecule has 0 saturated carbocycles. The van der Waals surface area contributed by atoms with Gasteiger partial charge in [0.25, 0.3) is 5.91 Å². The SMILES string of the molecule is COc1cc(/C=C2/NC(=O)N(Cc3ccc(C)cc3)C2=O)cc(I)c1OCc1ccc(Br)cc1. The number of nitrogens with one attached hydrogen (secondary N) is 1. The van der Waals surface area contributed by atoms with Crippen LogP contribution >= 0.6 is 38.5 Å². The van der Waals surface area contributed by atoms with Gasteiger partial charge < -0.3 is 14.8 Å². The van der Waals surface area contributed by atoms with E-state index in [-0.39, 0.29) is 18.1 Å². The number of carbonyl (C=O) groups is 2. The lowest BCUT2D eigenvalue weighted by atomic mass is 10.1. The summed E-state index contributed by atoms with van der Waals surface area (Å²) in [4.78, 5) is 26.5. The van der Waals surface area contributed by atoms with Gasteiger partial charge in [0.2, 0.25) is 0 Å². The molecule has 1 heterocycles. The first-order valence-corrected chi connectivity index (χ1v) is 12.4. The van der Waals surface area contributed by atoms with E-state index < -0.39 is 6.03 Å². The maximum atomic E-state index is 12.9. The number of hydrogen-bond acceptors (Lipinski definition) is 4. The molecule has 4 rings (SSSR count). The average Bonchev–Trinajstić information content (AvgIpc) is 3.07. The summed E-state index contributed by atoms with van der Waals surface area (Å²) in [5, 5.41) is 2.68. The van der Waals surface area contributed by atoms with Crippen LogP contribution in [0, 0.1) is 10.5 Å². The minimum Gasteiger partial charge on any atom is -0.493 e. The maximum absolute atomic E-state index is 12.9. The third-order valence-electron chi connectivity index (χ3n) is 5.28. The van der Waals surface area contributed by atoms with Crippen molar-refractivity contribution in [2.75, 3.05) is 7.11 Å². The van der Waals surface area contributed by atoms with E-state index in [0.29, 0.717) is 18.1 Å². The molecule has 8 heteroatoms. The highest BCUT2D eigenvalue weighted by molar-refractivity contribution is 14.1. The zero-order valence-electron chi connectivity index (χ0n) is 18.6. The monoisotopic (exact) mass is 632 g/mol. The van der Waals surface area contributed by atoms with Gasteiger partial charge in [0.05, 0.1) is 17.2 Å². The molecule has 3 aromatic carbocycles. The molecule has 0 aliphatic carbocycles. The van der Waals surface area contributed by atoms with Crippen molar-refractivity contribution in [3.63, 3.8) is 0 Å². The van der Waals surface area contributed by atoms with Gasteiger partial charge >= 0.3 is 6.03 Å². The standard InChI is InChI=1S/C26H22BrIN2O4/c1-16-3-5-17(6-4-16)14-30-25(31)22(29-26(30)32)12-19-11-21(28)24(23(13-19)33-2)34-15-18-7-9-20(27)10-8-18/h3-13H,14-15H2,1-2H3,(H,29,32)/b22-12+. The van der Waals surface area contributed by atoms with E-state index in [9.17, 15) is 9.59 Å². The zero-order chi connectivity index (χ0) is 24.2. The van der Waals surface area contributed by atoms with Crippen LogP contribution in [0.5, 0.6) is 11.5 Å². The molecule has 0 atom stereocenters. The van der Waals surface area contributed by atoms with Crippen molar-refractivity contribution in [1.82, 2.24) is 10.2 Å². The Morgan fingerprint density at radius 1 is 1.03 bits per heavy atom. The predicted molar refractivity (Wildman–Crippen MR) is 142 cm³/mol. The number of carbonyl (C=O) groups excluding carboxylic acids is 2. The van der Waals surface area contributed by atoms with Crippen LogP contribution in [0.2, 0.25) is 0 Å². The first-order valence-electron chi connectivity index (χ1n) is 10.5. The summed E-state index contributed by atoms with van der Waals surface area (Å²) in [6.07, 6.45) is 1.65. The second-order valence-corrected chi connectivity index (χ2v) is 9.89. The molecule has 6 nitrogen and oxygen atoms in total. The van der Waals surface area contributed by atoms with E-state index in [1.807, 2.05) is 61.5 Å². The summed E-state index contributed by atoms with van der Waals surface area (Å²) in [6.45, 7) is 2.60. The topological polar surface area (TPSA) is 67.9 Å². The number of urea groups is 1. The molecule has 1 N–H and O–H groups in total. The van der Waals surface area contributed by atoms with Gasteiger partial charge in [0.1, 0.15) is 12.3 Å². The summed E-state index contributed by atoms with van der Waals surface area (Å²) in [6, 6.07) is 18.9. The van der Waals surface area contributed by atoms with Crippen molar-refractivity contribution in [2.45, 2.75) is 20.1 Å². The largest absolute Gasteiger partial charge is 0.493 e. The number of rotatable bonds is 7. The van der Waals surface area contributed by atoms with Crippen LogP contribution < -0.4 is 14.8 Å². The van der Waals surface area contributed by atoms with Crippen molar-refractivity contribution in [2.24, 2.45) is 0 Å². The van der Waals surface area contributed by atoms with Crippen LogP contribution in [0.25, 0.3) is 6.08 Å². The van der Waals surface area contributed by atoms with Crippen LogP contribution in [0.4, 0.5) is 4.79 Å². The van der Waals surface area contributed by atoms with E-state index in [2.05, 4.69) is 43.8 Å². The summed E-state index contributed by atoms with van der Waals surface area (Å²) in [5.74, 6) is 0.801. The normalized spacial score (nSPS) is 14.5. The van der Waals surface area contributed by atoms with Crippen molar-refractivity contribution < 1.29 is 19.1 Å². The molecule has 34 heavy (non-hydrogen) atoms. The Kier molecular flexibility index (Phi) is 7.57. The Labute approximate surface area is 220 Å². The molecule has 0 radical (unpaired) electrons. The number of aryl methyl sites for hydroxylation is 1. The molecule has 1 saturated heterocycles. The Balaban J connectivity index is 1.52. The molecule has 1 aliphatic heterocycles. The van der Waals surface area contributed by atoms with E-state index >= 15 is 0 Å².